The van der Waals surface area contributed by atoms with E-state index in [9.17, 15) is 0 Å². The number of aromatic nitrogens is 8. The summed E-state index contributed by atoms with van der Waals surface area (Å²) in [6.07, 6.45) is 1.52. The highest BCUT2D eigenvalue weighted by atomic mass is 15.4. The van der Waals surface area contributed by atoms with Gasteiger partial charge in [0.15, 0.2) is 11.5 Å². The standard InChI is InChI=1S/C16H18N10/c1-10-5-15(26-16(20-10)18-9-19-26)17-6-12-7-24(8-12)14-4-3-13-22-21-11(2)25(13)23-14/h3-5,9,12,17H,6-8H2,1-2H3. The van der Waals surface area contributed by atoms with Gasteiger partial charge in [0.05, 0.1) is 0 Å². The highest BCUT2D eigenvalue weighted by molar-refractivity contribution is 5.48. The zero-order chi connectivity index (χ0) is 17.7. The molecule has 0 radical (unpaired) electrons. The van der Waals surface area contributed by atoms with Crippen molar-refractivity contribution in [2.75, 3.05) is 29.9 Å². The van der Waals surface area contributed by atoms with Gasteiger partial charge in [-0.3, -0.25) is 0 Å². The minimum Gasteiger partial charge on any atom is -0.369 e. The maximum absolute atomic E-state index is 4.62. The van der Waals surface area contributed by atoms with E-state index in [0.717, 1.165) is 48.4 Å². The minimum atomic E-state index is 0.543. The Morgan fingerprint density at radius 1 is 1.15 bits per heavy atom. The van der Waals surface area contributed by atoms with E-state index >= 15 is 0 Å². The van der Waals surface area contributed by atoms with Crippen LogP contribution >= 0.6 is 0 Å². The third-order valence-electron chi connectivity index (χ3n) is 4.64. The van der Waals surface area contributed by atoms with Crippen LogP contribution < -0.4 is 10.2 Å². The van der Waals surface area contributed by atoms with Crippen LogP contribution in [-0.4, -0.2) is 59.0 Å². The molecular formula is C16H18N10. The molecule has 10 heteroatoms. The molecular weight excluding hydrogens is 332 g/mol. The average molecular weight is 350 g/mol. The molecule has 0 unspecified atom stereocenters. The fraction of sp³-hybridized carbons (Fsp3) is 0.375. The number of hydrogen-bond acceptors (Lipinski definition) is 8. The van der Waals surface area contributed by atoms with Crippen LogP contribution in [0.5, 0.6) is 0 Å². The summed E-state index contributed by atoms with van der Waals surface area (Å²) in [6.45, 7) is 6.64. The molecule has 10 nitrogen and oxygen atoms in total. The Bertz CT molecular complexity index is 1090. The average Bonchev–Trinajstić information content (AvgIpc) is 3.20. The van der Waals surface area contributed by atoms with E-state index in [-0.39, 0.29) is 0 Å². The highest BCUT2D eigenvalue weighted by Crippen LogP contribution is 2.23. The first kappa shape index (κ1) is 15.0. The number of rotatable bonds is 4. The summed E-state index contributed by atoms with van der Waals surface area (Å²) >= 11 is 0. The summed E-state index contributed by atoms with van der Waals surface area (Å²) in [5.41, 5.74) is 1.69. The molecule has 1 fully saturated rings. The van der Waals surface area contributed by atoms with E-state index < -0.39 is 0 Å². The number of anilines is 2. The molecule has 0 aliphatic carbocycles. The molecule has 1 N–H and O–H groups in total. The van der Waals surface area contributed by atoms with E-state index in [4.69, 9.17) is 0 Å². The summed E-state index contributed by atoms with van der Waals surface area (Å²) in [6, 6.07) is 5.94. The molecule has 1 saturated heterocycles. The van der Waals surface area contributed by atoms with E-state index in [1.807, 2.05) is 32.0 Å². The van der Waals surface area contributed by atoms with Gasteiger partial charge in [0.1, 0.15) is 18.0 Å². The summed E-state index contributed by atoms with van der Waals surface area (Å²) < 4.78 is 3.51. The molecule has 132 valence electrons. The fourth-order valence-electron chi connectivity index (χ4n) is 3.25. The summed E-state index contributed by atoms with van der Waals surface area (Å²) in [4.78, 5) is 10.8. The molecule has 0 amide bonds. The molecule has 0 spiro atoms. The quantitative estimate of drug-likeness (QED) is 0.575. The van der Waals surface area contributed by atoms with Crippen molar-refractivity contribution in [2.45, 2.75) is 13.8 Å². The minimum absolute atomic E-state index is 0.543. The van der Waals surface area contributed by atoms with Crippen LogP contribution in [0.2, 0.25) is 0 Å². The predicted octanol–water partition coefficient (Wildman–Crippen LogP) is 0.727. The molecule has 0 aromatic carbocycles. The highest BCUT2D eigenvalue weighted by Gasteiger charge is 2.28. The second-order valence-electron chi connectivity index (χ2n) is 6.62. The van der Waals surface area contributed by atoms with E-state index in [1.165, 1.54) is 6.33 Å². The number of fused-ring (bicyclic) bond motifs is 2. The Morgan fingerprint density at radius 2 is 2.04 bits per heavy atom. The van der Waals surface area contributed by atoms with Gasteiger partial charge in [-0.05, 0) is 26.0 Å². The van der Waals surface area contributed by atoms with Crippen LogP contribution in [0.3, 0.4) is 0 Å². The van der Waals surface area contributed by atoms with Crippen molar-refractivity contribution < 1.29 is 0 Å². The van der Waals surface area contributed by atoms with Gasteiger partial charge in [-0.15, -0.1) is 15.3 Å². The van der Waals surface area contributed by atoms with Gasteiger partial charge in [-0.1, -0.05) is 0 Å². The third-order valence-corrected chi connectivity index (χ3v) is 4.64. The van der Waals surface area contributed by atoms with Crippen molar-refractivity contribution in [1.82, 2.24) is 39.4 Å². The SMILES string of the molecule is Cc1cc(NCC2CN(c3ccc4nnc(C)n4n3)C2)n2ncnc2n1. The molecule has 1 aliphatic rings. The molecule has 0 bridgehead atoms. The van der Waals surface area contributed by atoms with Crippen LogP contribution in [0.25, 0.3) is 11.4 Å². The number of aryl methyl sites for hydroxylation is 2. The zero-order valence-corrected chi connectivity index (χ0v) is 14.5. The van der Waals surface area contributed by atoms with Crippen molar-refractivity contribution in [1.29, 1.82) is 0 Å². The topological polar surface area (TPSA) is 101 Å². The molecule has 0 saturated carbocycles. The molecule has 4 aromatic rings. The van der Waals surface area contributed by atoms with Crippen molar-refractivity contribution in [2.24, 2.45) is 5.92 Å². The van der Waals surface area contributed by atoms with Gasteiger partial charge in [0.25, 0.3) is 5.78 Å². The first-order valence-corrected chi connectivity index (χ1v) is 8.52. The van der Waals surface area contributed by atoms with Crippen molar-refractivity contribution in [3.8, 4) is 0 Å². The van der Waals surface area contributed by atoms with Crippen molar-refractivity contribution >= 4 is 23.1 Å². The largest absolute Gasteiger partial charge is 0.369 e. The van der Waals surface area contributed by atoms with Crippen LogP contribution in [0.4, 0.5) is 11.6 Å². The van der Waals surface area contributed by atoms with Crippen LogP contribution in [0.15, 0.2) is 24.5 Å². The van der Waals surface area contributed by atoms with Gasteiger partial charge >= 0.3 is 0 Å². The molecule has 1 aliphatic heterocycles. The maximum atomic E-state index is 4.62. The lowest BCUT2D eigenvalue weighted by atomic mass is 10.0. The Balaban J connectivity index is 1.25. The Morgan fingerprint density at radius 3 is 2.92 bits per heavy atom. The lowest BCUT2D eigenvalue weighted by Crippen LogP contribution is -2.50. The summed E-state index contributed by atoms with van der Waals surface area (Å²) in [5.74, 6) is 3.83. The molecule has 5 rings (SSSR count). The Hall–Kier alpha value is -3.30. The fourth-order valence-corrected chi connectivity index (χ4v) is 3.25. The van der Waals surface area contributed by atoms with Crippen molar-refractivity contribution in [3.63, 3.8) is 0 Å². The van der Waals surface area contributed by atoms with Crippen molar-refractivity contribution in [3.05, 3.63) is 36.0 Å². The molecule has 5 heterocycles. The smallest absolute Gasteiger partial charge is 0.254 e. The van der Waals surface area contributed by atoms with Crippen LogP contribution in [0, 0.1) is 19.8 Å². The third kappa shape index (κ3) is 2.41. The summed E-state index contributed by atoms with van der Waals surface area (Å²) in [5, 5.41) is 20.4. The second kappa shape index (κ2) is 5.61. The number of nitrogens with one attached hydrogen (secondary N) is 1. The monoisotopic (exact) mass is 350 g/mol. The second-order valence-corrected chi connectivity index (χ2v) is 6.62. The van der Waals surface area contributed by atoms with Crippen LogP contribution in [0.1, 0.15) is 11.5 Å². The van der Waals surface area contributed by atoms with E-state index in [1.54, 1.807) is 9.03 Å². The Labute approximate surface area is 148 Å². The Kier molecular flexibility index (Phi) is 3.24. The summed E-state index contributed by atoms with van der Waals surface area (Å²) in [7, 11) is 0. The predicted molar refractivity (Wildman–Crippen MR) is 95.2 cm³/mol. The van der Waals surface area contributed by atoms with Gasteiger partial charge in [0.2, 0.25) is 0 Å². The first-order chi connectivity index (χ1) is 12.7. The van der Waals surface area contributed by atoms with Gasteiger partial charge in [-0.25, -0.2) is 4.98 Å². The van der Waals surface area contributed by atoms with Gasteiger partial charge < -0.3 is 10.2 Å². The zero-order valence-electron chi connectivity index (χ0n) is 14.5. The first-order valence-electron chi connectivity index (χ1n) is 8.52. The maximum Gasteiger partial charge on any atom is 0.254 e. The van der Waals surface area contributed by atoms with Gasteiger partial charge in [0, 0.05) is 37.3 Å². The van der Waals surface area contributed by atoms with Gasteiger partial charge in [-0.2, -0.15) is 19.1 Å². The van der Waals surface area contributed by atoms with E-state index in [2.05, 4.69) is 40.6 Å². The molecule has 0 atom stereocenters. The number of hydrogen-bond donors (Lipinski definition) is 1. The molecule has 4 aromatic heterocycles. The normalized spacial score (nSPS) is 14.9. The number of nitrogens with zero attached hydrogens (tertiary/aromatic N) is 9. The lowest BCUT2D eigenvalue weighted by molar-refractivity contribution is 0.424. The molecule has 26 heavy (non-hydrogen) atoms. The van der Waals surface area contributed by atoms with E-state index in [0.29, 0.717) is 11.7 Å². The lowest BCUT2D eigenvalue weighted by Gasteiger charge is -2.40. The van der Waals surface area contributed by atoms with Crippen LogP contribution in [-0.2, 0) is 0 Å².